The molecule has 0 saturated heterocycles. The van der Waals surface area contributed by atoms with E-state index in [1.807, 2.05) is 0 Å². The van der Waals surface area contributed by atoms with E-state index < -0.39 is 23.8 Å². The van der Waals surface area contributed by atoms with E-state index in [9.17, 15) is 19.8 Å². The average Bonchev–Trinajstić information content (AvgIpc) is 2.77. The second kappa shape index (κ2) is 10.4. The van der Waals surface area contributed by atoms with E-state index in [0.717, 1.165) is 0 Å². The molecule has 0 aliphatic carbocycles. The molecule has 162 valence electrons. The fourth-order valence-electron chi connectivity index (χ4n) is 3.29. The minimum Gasteiger partial charge on any atom is -0.504 e. The van der Waals surface area contributed by atoms with Gasteiger partial charge in [-0.1, -0.05) is 12.1 Å². The number of aromatic hydroxyl groups is 2. The summed E-state index contributed by atoms with van der Waals surface area (Å²) in [6.07, 6.45) is 0.330. The summed E-state index contributed by atoms with van der Waals surface area (Å²) >= 11 is 0. The lowest BCUT2D eigenvalue weighted by molar-refractivity contribution is -0.157. The maximum atomic E-state index is 12.6. The van der Waals surface area contributed by atoms with E-state index in [2.05, 4.69) is 0 Å². The van der Waals surface area contributed by atoms with Gasteiger partial charge in [0.05, 0.1) is 40.3 Å². The Hall–Kier alpha value is -3.42. The first-order chi connectivity index (χ1) is 14.3. The zero-order valence-corrected chi connectivity index (χ0v) is 17.4. The molecule has 0 aliphatic rings. The average molecular weight is 418 g/mol. The molecule has 2 atom stereocenters. The van der Waals surface area contributed by atoms with Crippen molar-refractivity contribution in [3.05, 3.63) is 47.5 Å². The van der Waals surface area contributed by atoms with Crippen LogP contribution in [0.4, 0.5) is 0 Å². The molecule has 0 aromatic heterocycles. The summed E-state index contributed by atoms with van der Waals surface area (Å²) in [7, 11) is 5.35. The van der Waals surface area contributed by atoms with Crippen LogP contribution < -0.4 is 9.47 Å². The molecule has 0 fully saturated rings. The van der Waals surface area contributed by atoms with Crippen molar-refractivity contribution < 1.29 is 38.7 Å². The van der Waals surface area contributed by atoms with Crippen molar-refractivity contribution in [2.75, 3.05) is 28.4 Å². The molecule has 0 saturated carbocycles. The number of phenolic OH excluding ortho intramolecular Hbond substituents is 2. The molecule has 8 nitrogen and oxygen atoms in total. The molecule has 2 aromatic carbocycles. The molecule has 0 bridgehead atoms. The summed E-state index contributed by atoms with van der Waals surface area (Å²) in [4.78, 5) is 25.2. The summed E-state index contributed by atoms with van der Waals surface area (Å²) in [6.45, 7) is 0. The van der Waals surface area contributed by atoms with Crippen LogP contribution in [-0.4, -0.2) is 50.6 Å². The largest absolute Gasteiger partial charge is 0.504 e. The van der Waals surface area contributed by atoms with Gasteiger partial charge >= 0.3 is 11.9 Å². The highest BCUT2D eigenvalue weighted by molar-refractivity contribution is 5.82. The quantitative estimate of drug-likeness (QED) is 0.598. The first-order valence-electron chi connectivity index (χ1n) is 9.22. The standard InChI is InChI=1S/C22H26O8/c1-27-19-11-13(5-7-17(19)23)9-15(21(25)29-3)16(22(26)30-4)10-14-6-8-18(24)20(12-14)28-2/h5-8,11-12,15-16,23-24H,9-10H2,1-4H3/t15-,16-/m1/s1. The van der Waals surface area contributed by atoms with Gasteiger partial charge in [0.15, 0.2) is 23.0 Å². The van der Waals surface area contributed by atoms with Crippen molar-refractivity contribution in [3.8, 4) is 23.0 Å². The van der Waals surface area contributed by atoms with Crippen molar-refractivity contribution >= 4 is 11.9 Å². The molecule has 0 aliphatic heterocycles. The Labute approximate surface area is 175 Å². The number of rotatable bonds is 9. The van der Waals surface area contributed by atoms with Crippen LogP contribution in [0, 0.1) is 11.8 Å². The molecule has 30 heavy (non-hydrogen) atoms. The summed E-state index contributed by atoms with van der Waals surface area (Å²) in [5.74, 6) is -2.38. The lowest BCUT2D eigenvalue weighted by Gasteiger charge is -2.24. The predicted molar refractivity (Wildman–Crippen MR) is 108 cm³/mol. The molecule has 2 aromatic rings. The number of phenols is 2. The number of ether oxygens (including phenoxy) is 4. The van der Waals surface area contributed by atoms with Crippen LogP contribution in [0.25, 0.3) is 0 Å². The smallest absolute Gasteiger partial charge is 0.309 e. The molecule has 0 heterocycles. The van der Waals surface area contributed by atoms with E-state index in [1.165, 1.54) is 40.6 Å². The molecular formula is C22H26O8. The van der Waals surface area contributed by atoms with Crippen LogP contribution in [-0.2, 0) is 31.9 Å². The SMILES string of the molecule is COC(=O)[C@H](Cc1ccc(O)c(OC)c1)[C@@H](Cc1ccc(O)c(OC)c1)C(=O)OC. The number of carbonyl (C=O) groups is 2. The van der Waals surface area contributed by atoms with E-state index in [0.29, 0.717) is 11.1 Å². The molecular weight excluding hydrogens is 392 g/mol. The maximum absolute atomic E-state index is 12.6. The Morgan fingerprint density at radius 3 is 1.40 bits per heavy atom. The molecule has 0 spiro atoms. The Kier molecular flexibility index (Phi) is 7.91. The second-order valence-corrected chi connectivity index (χ2v) is 6.68. The normalized spacial score (nSPS) is 12.5. The molecule has 2 N–H and O–H groups in total. The summed E-state index contributed by atoms with van der Waals surface area (Å²) in [5.41, 5.74) is 1.36. The van der Waals surface area contributed by atoms with Crippen LogP contribution in [0.5, 0.6) is 23.0 Å². The van der Waals surface area contributed by atoms with E-state index in [-0.39, 0.29) is 35.8 Å². The number of esters is 2. The van der Waals surface area contributed by atoms with E-state index in [1.54, 1.807) is 24.3 Å². The Bertz CT molecular complexity index is 819. The summed E-state index contributed by atoms with van der Waals surface area (Å²) in [5, 5.41) is 19.6. The van der Waals surface area contributed by atoms with Crippen molar-refractivity contribution in [1.82, 2.24) is 0 Å². The third kappa shape index (κ3) is 5.34. The minimum atomic E-state index is -0.850. The van der Waals surface area contributed by atoms with Gasteiger partial charge in [0.1, 0.15) is 0 Å². The lowest BCUT2D eigenvalue weighted by Crippen LogP contribution is -2.34. The minimum absolute atomic E-state index is 0.0309. The van der Waals surface area contributed by atoms with Crippen molar-refractivity contribution in [2.24, 2.45) is 11.8 Å². The van der Waals surface area contributed by atoms with Crippen molar-refractivity contribution in [2.45, 2.75) is 12.8 Å². The van der Waals surface area contributed by atoms with Gasteiger partial charge in [0, 0.05) is 0 Å². The third-order valence-electron chi connectivity index (χ3n) is 4.89. The van der Waals surface area contributed by atoms with Crippen LogP contribution in [0.1, 0.15) is 11.1 Å². The van der Waals surface area contributed by atoms with E-state index in [4.69, 9.17) is 18.9 Å². The van der Waals surface area contributed by atoms with Gasteiger partial charge in [0.25, 0.3) is 0 Å². The van der Waals surface area contributed by atoms with Gasteiger partial charge in [-0.25, -0.2) is 0 Å². The van der Waals surface area contributed by atoms with Gasteiger partial charge in [-0.3, -0.25) is 9.59 Å². The van der Waals surface area contributed by atoms with Gasteiger partial charge in [-0.15, -0.1) is 0 Å². The monoisotopic (exact) mass is 418 g/mol. The molecule has 0 amide bonds. The Morgan fingerprint density at radius 1 is 0.733 bits per heavy atom. The van der Waals surface area contributed by atoms with Gasteiger partial charge in [0.2, 0.25) is 0 Å². The number of hydrogen-bond acceptors (Lipinski definition) is 8. The van der Waals surface area contributed by atoms with Gasteiger partial charge < -0.3 is 29.2 Å². The second-order valence-electron chi connectivity index (χ2n) is 6.68. The van der Waals surface area contributed by atoms with Crippen molar-refractivity contribution in [3.63, 3.8) is 0 Å². The Balaban J connectivity index is 2.40. The number of benzene rings is 2. The summed E-state index contributed by atoms with van der Waals surface area (Å²) < 4.78 is 20.1. The number of carbonyl (C=O) groups excluding carboxylic acids is 2. The molecule has 2 rings (SSSR count). The van der Waals surface area contributed by atoms with Crippen LogP contribution >= 0.6 is 0 Å². The Morgan fingerprint density at radius 2 is 1.10 bits per heavy atom. The maximum Gasteiger partial charge on any atom is 0.309 e. The summed E-state index contributed by atoms with van der Waals surface area (Å²) in [6, 6.07) is 9.41. The highest BCUT2D eigenvalue weighted by atomic mass is 16.5. The van der Waals surface area contributed by atoms with Gasteiger partial charge in [-0.05, 0) is 48.2 Å². The van der Waals surface area contributed by atoms with Crippen LogP contribution in [0.3, 0.4) is 0 Å². The number of hydrogen-bond donors (Lipinski definition) is 2. The first-order valence-corrected chi connectivity index (χ1v) is 9.22. The highest BCUT2D eigenvalue weighted by Crippen LogP contribution is 2.32. The molecule has 0 unspecified atom stereocenters. The fourth-order valence-corrected chi connectivity index (χ4v) is 3.29. The molecule has 8 heteroatoms. The number of methoxy groups -OCH3 is 4. The lowest BCUT2D eigenvalue weighted by atomic mass is 9.82. The van der Waals surface area contributed by atoms with E-state index >= 15 is 0 Å². The topological polar surface area (TPSA) is 112 Å². The third-order valence-corrected chi connectivity index (χ3v) is 4.89. The first kappa shape index (κ1) is 22.9. The fraction of sp³-hybridized carbons (Fsp3) is 0.364. The predicted octanol–water partition coefficient (Wildman–Crippen LogP) is 2.48. The highest BCUT2D eigenvalue weighted by Gasteiger charge is 2.36. The molecule has 0 radical (unpaired) electrons. The van der Waals surface area contributed by atoms with Crippen LogP contribution in [0.15, 0.2) is 36.4 Å². The zero-order chi connectivity index (χ0) is 22.3. The van der Waals surface area contributed by atoms with Gasteiger partial charge in [-0.2, -0.15) is 0 Å². The zero-order valence-electron chi connectivity index (χ0n) is 17.4. The van der Waals surface area contributed by atoms with Crippen LogP contribution in [0.2, 0.25) is 0 Å². The van der Waals surface area contributed by atoms with Crippen molar-refractivity contribution in [1.29, 1.82) is 0 Å².